The number of aliphatic carboxylic acids is 1. The number of nitrogens with one attached hydrogen (secondary N) is 2. The third kappa shape index (κ3) is 6.50. The van der Waals surface area contributed by atoms with Crippen LogP contribution in [0.2, 0.25) is 0 Å². The van der Waals surface area contributed by atoms with Crippen LogP contribution in [0.1, 0.15) is 36.3 Å². The normalized spacial score (nSPS) is 13.3. The molecule has 0 fully saturated rings. The van der Waals surface area contributed by atoms with Gasteiger partial charge in [0.05, 0.1) is 4.90 Å². The first-order valence-electron chi connectivity index (χ1n) is 14.2. The monoisotopic (exact) mass is 601 g/mol. The minimum Gasteiger partial charge on any atom is -0.480 e. The van der Waals surface area contributed by atoms with E-state index < -0.39 is 28.1 Å². The highest BCUT2D eigenvalue weighted by Gasteiger charge is 2.29. The molecule has 1 amide bonds. The summed E-state index contributed by atoms with van der Waals surface area (Å²) in [5, 5.41) is 13.6. The molecule has 0 spiro atoms. The molecule has 9 nitrogen and oxygen atoms in total. The Bertz CT molecular complexity index is 1710. The van der Waals surface area contributed by atoms with Gasteiger partial charge < -0.3 is 20.1 Å². The lowest BCUT2D eigenvalue weighted by molar-refractivity contribution is -0.139. The second kappa shape index (κ2) is 12.8. The molecular formula is C33H35N3O6S. The zero-order valence-electron chi connectivity index (χ0n) is 24.1. The van der Waals surface area contributed by atoms with Gasteiger partial charge in [-0.3, -0.25) is 0 Å². The van der Waals surface area contributed by atoms with Crippen molar-refractivity contribution in [2.75, 3.05) is 32.1 Å². The van der Waals surface area contributed by atoms with Crippen molar-refractivity contribution in [2.24, 2.45) is 0 Å². The fourth-order valence-corrected chi connectivity index (χ4v) is 6.98. The van der Waals surface area contributed by atoms with Crippen LogP contribution in [0.25, 0.3) is 21.9 Å². The number of unbranched alkanes of at least 4 members (excludes halogenated alkanes) is 1. The van der Waals surface area contributed by atoms with Crippen LogP contribution in [0, 0.1) is 0 Å². The number of carbonyl (C=O) groups is 2. The number of carboxylic acid groups (broad SMARTS) is 1. The molecule has 10 heteroatoms. The van der Waals surface area contributed by atoms with Crippen LogP contribution in [-0.2, 0) is 19.6 Å². The molecule has 1 aliphatic carbocycles. The number of fused-ring (bicyclic) bond motifs is 4. The number of hydrogen-bond donors (Lipinski definition) is 3. The average Bonchev–Trinajstić information content (AvgIpc) is 3.32. The maximum Gasteiger partial charge on any atom is 0.407 e. The summed E-state index contributed by atoms with van der Waals surface area (Å²) >= 11 is 0. The van der Waals surface area contributed by atoms with E-state index in [1.54, 1.807) is 18.2 Å². The maximum absolute atomic E-state index is 13.1. The van der Waals surface area contributed by atoms with E-state index in [4.69, 9.17) is 4.74 Å². The Balaban J connectivity index is 1.12. The molecule has 0 saturated carbocycles. The zero-order valence-corrected chi connectivity index (χ0v) is 24.9. The van der Waals surface area contributed by atoms with Crippen LogP contribution in [-0.4, -0.2) is 58.9 Å². The van der Waals surface area contributed by atoms with E-state index in [-0.39, 0.29) is 30.4 Å². The van der Waals surface area contributed by atoms with Crippen molar-refractivity contribution < 1.29 is 27.9 Å². The molecule has 224 valence electrons. The number of rotatable bonds is 12. The minimum atomic E-state index is -3.80. The molecular weight excluding hydrogens is 566 g/mol. The summed E-state index contributed by atoms with van der Waals surface area (Å²) in [6.45, 7) is 0.210. The van der Waals surface area contributed by atoms with E-state index in [1.807, 2.05) is 85.7 Å². The molecule has 1 unspecified atom stereocenters. The zero-order chi connectivity index (χ0) is 30.6. The van der Waals surface area contributed by atoms with Crippen LogP contribution < -0.4 is 14.9 Å². The molecule has 4 aromatic rings. The number of carbonyl (C=O) groups excluding carboxylic acids is 1. The molecule has 0 bridgehead atoms. The second-order valence-corrected chi connectivity index (χ2v) is 12.5. The van der Waals surface area contributed by atoms with Gasteiger partial charge in [-0.25, -0.2) is 22.7 Å². The SMILES string of the molecule is CN(C)c1cccc2c(S(=O)(=O)NCCCCC(NC(=O)OCC3c4ccccc4-c4ccccc43)C(=O)O)cccc12. The quantitative estimate of drug-likeness (QED) is 0.187. The van der Waals surface area contributed by atoms with Crippen molar-refractivity contribution >= 4 is 38.5 Å². The number of alkyl carbamates (subject to hydrolysis) is 1. The summed E-state index contributed by atoms with van der Waals surface area (Å²) in [7, 11) is 0.00957. The Morgan fingerprint density at radius 3 is 2.14 bits per heavy atom. The number of carboxylic acids is 1. The molecule has 5 rings (SSSR count). The Morgan fingerprint density at radius 2 is 1.49 bits per heavy atom. The minimum absolute atomic E-state index is 0.0815. The predicted molar refractivity (Wildman–Crippen MR) is 167 cm³/mol. The molecule has 1 aliphatic rings. The third-order valence-corrected chi connectivity index (χ3v) is 9.30. The van der Waals surface area contributed by atoms with Crippen LogP contribution in [0.15, 0.2) is 89.8 Å². The van der Waals surface area contributed by atoms with Gasteiger partial charge in [-0.15, -0.1) is 0 Å². The van der Waals surface area contributed by atoms with Crippen molar-refractivity contribution in [3.05, 3.63) is 96.1 Å². The number of sulfonamides is 1. The second-order valence-electron chi connectivity index (χ2n) is 10.8. The molecule has 0 radical (unpaired) electrons. The Morgan fingerprint density at radius 1 is 0.860 bits per heavy atom. The predicted octanol–water partition coefficient (Wildman–Crippen LogP) is 5.35. The number of hydrogen-bond acceptors (Lipinski definition) is 6. The molecule has 3 N–H and O–H groups in total. The molecule has 0 aliphatic heterocycles. The first kappa shape index (κ1) is 30.1. The topological polar surface area (TPSA) is 125 Å². The van der Waals surface area contributed by atoms with Gasteiger partial charge >= 0.3 is 12.1 Å². The van der Waals surface area contributed by atoms with Gasteiger partial charge in [0, 0.05) is 43.0 Å². The van der Waals surface area contributed by atoms with Crippen molar-refractivity contribution in [1.82, 2.24) is 10.0 Å². The van der Waals surface area contributed by atoms with Gasteiger partial charge in [-0.05, 0) is 53.6 Å². The Kier molecular flexibility index (Phi) is 8.98. The van der Waals surface area contributed by atoms with Gasteiger partial charge in [0.2, 0.25) is 10.0 Å². The largest absolute Gasteiger partial charge is 0.480 e. The Labute approximate surface area is 251 Å². The molecule has 0 heterocycles. The van der Waals surface area contributed by atoms with Crippen LogP contribution in [0.4, 0.5) is 10.5 Å². The van der Waals surface area contributed by atoms with Gasteiger partial charge in [-0.2, -0.15) is 0 Å². The van der Waals surface area contributed by atoms with E-state index >= 15 is 0 Å². The van der Waals surface area contributed by atoms with E-state index in [0.717, 1.165) is 33.3 Å². The van der Waals surface area contributed by atoms with Crippen molar-refractivity contribution in [1.29, 1.82) is 0 Å². The van der Waals surface area contributed by atoms with E-state index in [9.17, 15) is 23.1 Å². The average molecular weight is 602 g/mol. The molecule has 0 saturated heterocycles. The highest BCUT2D eigenvalue weighted by atomic mass is 32.2. The third-order valence-electron chi connectivity index (χ3n) is 7.78. The lowest BCUT2D eigenvalue weighted by atomic mass is 9.98. The summed E-state index contributed by atoms with van der Waals surface area (Å²) in [5.41, 5.74) is 5.25. The standard InChI is InChI=1S/C33H35N3O6S/c1-36(2)30-18-9-16-27-26(30)15-10-19-31(27)43(40,41)34-20-8-7-17-29(32(37)38)35-33(39)42-21-28-24-13-5-3-11-22(24)23-12-4-6-14-25(23)28/h3-6,9-16,18-19,28-29,34H,7-8,17,20-21H2,1-2H3,(H,35,39)(H,37,38). The van der Waals surface area contributed by atoms with Crippen LogP contribution in [0.5, 0.6) is 0 Å². The number of ether oxygens (including phenoxy) is 1. The highest BCUT2D eigenvalue weighted by molar-refractivity contribution is 7.89. The molecule has 0 aromatic heterocycles. The molecule has 1 atom stereocenters. The summed E-state index contributed by atoms with van der Waals surface area (Å²) in [6.07, 6.45) is 0.0943. The smallest absolute Gasteiger partial charge is 0.407 e. The fourth-order valence-electron chi connectivity index (χ4n) is 5.69. The Hall–Kier alpha value is -4.41. The summed E-state index contributed by atoms with van der Waals surface area (Å²) < 4.78 is 34.4. The maximum atomic E-state index is 13.1. The van der Waals surface area contributed by atoms with Gasteiger partial charge in [0.15, 0.2) is 0 Å². The lowest BCUT2D eigenvalue weighted by Crippen LogP contribution is -2.41. The van der Waals surface area contributed by atoms with Gasteiger partial charge in [0.25, 0.3) is 0 Å². The summed E-state index contributed by atoms with van der Waals surface area (Å²) in [4.78, 5) is 26.6. The summed E-state index contributed by atoms with van der Waals surface area (Å²) in [5.74, 6) is -1.31. The molecule has 4 aromatic carbocycles. The highest BCUT2D eigenvalue weighted by Crippen LogP contribution is 2.44. The fraction of sp³-hybridized carbons (Fsp3) is 0.273. The number of amides is 1. The van der Waals surface area contributed by atoms with E-state index in [0.29, 0.717) is 18.2 Å². The van der Waals surface area contributed by atoms with Crippen molar-refractivity contribution in [2.45, 2.75) is 36.1 Å². The number of benzene rings is 4. The number of anilines is 1. The van der Waals surface area contributed by atoms with E-state index in [1.165, 1.54) is 0 Å². The number of nitrogens with zero attached hydrogens (tertiary/aromatic N) is 1. The molecule has 43 heavy (non-hydrogen) atoms. The van der Waals surface area contributed by atoms with Crippen LogP contribution >= 0.6 is 0 Å². The van der Waals surface area contributed by atoms with Gasteiger partial charge in [-0.1, -0.05) is 72.8 Å². The first-order chi connectivity index (χ1) is 20.7. The first-order valence-corrected chi connectivity index (χ1v) is 15.7. The van der Waals surface area contributed by atoms with E-state index in [2.05, 4.69) is 10.0 Å². The van der Waals surface area contributed by atoms with Crippen molar-refractivity contribution in [3.8, 4) is 11.1 Å². The van der Waals surface area contributed by atoms with Crippen molar-refractivity contribution in [3.63, 3.8) is 0 Å². The lowest BCUT2D eigenvalue weighted by Gasteiger charge is -2.18. The van der Waals surface area contributed by atoms with Crippen LogP contribution in [0.3, 0.4) is 0 Å². The summed E-state index contributed by atoms with van der Waals surface area (Å²) in [6, 6.07) is 25.5. The van der Waals surface area contributed by atoms with Gasteiger partial charge in [0.1, 0.15) is 12.6 Å².